The molecule has 0 saturated carbocycles. The number of hydrogen-bond donors (Lipinski definition) is 0. The van der Waals surface area contributed by atoms with Gasteiger partial charge in [-0.15, -0.1) is 0 Å². The molecular weight excluding hydrogens is 458 g/mol. The summed E-state index contributed by atoms with van der Waals surface area (Å²) in [6.07, 6.45) is 13.7. The van der Waals surface area contributed by atoms with Crippen LogP contribution in [0.5, 0.6) is 0 Å². The smallest absolute Gasteiger partial charge is 0.336 e. The fraction of sp³-hybridized carbons (Fsp3) is 0.259. The number of benzene rings is 1. The molecule has 184 valence electrons. The summed E-state index contributed by atoms with van der Waals surface area (Å²) in [6.45, 7) is 4.26. The van der Waals surface area contributed by atoms with Crippen LogP contribution in [0.1, 0.15) is 36.6 Å². The molecule has 2 unspecified atom stereocenters. The molecule has 0 saturated heterocycles. The maximum atomic E-state index is 13.2. The number of imidazole rings is 1. The molecule has 2 aromatic heterocycles. The lowest BCUT2D eigenvalue weighted by molar-refractivity contribution is -0.144. The molecular formula is C27H27N5O4. The lowest BCUT2D eigenvalue weighted by Crippen LogP contribution is -2.36. The topological polar surface area (TPSA) is 109 Å². The zero-order valence-electron chi connectivity index (χ0n) is 20.4. The van der Waals surface area contributed by atoms with Crippen LogP contribution in [0.25, 0.3) is 6.08 Å². The molecule has 0 radical (unpaired) electrons. The normalized spacial score (nSPS) is 17.7. The van der Waals surface area contributed by atoms with Gasteiger partial charge in [0.2, 0.25) is 0 Å². The molecule has 3 aromatic rings. The number of hydrogen-bond acceptors (Lipinski definition) is 8. The van der Waals surface area contributed by atoms with Crippen molar-refractivity contribution in [1.82, 2.24) is 19.5 Å². The van der Waals surface area contributed by atoms with Gasteiger partial charge >= 0.3 is 11.9 Å². The van der Waals surface area contributed by atoms with Crippen LogP contribution >= 0.6 is 0 Å². The Morgan fingerprint density at radius 3 is 2.56 bits per heavy atom. The summed E-state index contributed by atoms with van der Waals surface area (Å²) < 4.78 is 12.6. The predicted octanol–water partition coefficient (Wildman–Crippen LogP) is 3.60. The van der Waals surface area contributed by atoms with E-state index in [1.54, 1.807) is 32.4 Å². The van der Waals surface area contributed by atoms with Gasteiger partial charge in [-0.2, -0.15) is 0 Å². The van der Waals surface area contributed by atoms with Gasteiger partial charge in [0.15, 0.2) is 0 Å². The number of aliphatic imine (C=N–C) groups is 1. The van der Waals surface area contributed by atoms with E-state index in [2.05, 4.69) is 19.9 Å². The third kappa shape index (κ3) is 5.63. The van der Waals surface area contributed by atoms with Gasteiger partial charge < -0.3 is 14.0 Å². The van der Waals surface area contributed by atoms with Crippen molar-refractivity contribution in [2.45, 2.75) is 26.3 Å². The molecule has 0 aliphatic carbocycles. The third-order valence-electron chi connectivity index (χ3n) is 5.93. The van der Waals surface area contributed by atoms with Gasteiger partial charge in [-0.3, -0.25) is 19.8 Å². The van der Waals surface area contributed by atoms with Crippen LogP contribution in [0.15, 0.2) is 83.9 Å². The quantitative estimate of drug-likeness (QED) is 0.449. The van der Waals surface area contributed by atoms with Gasteiger partial charge in [0, 0.05) is 48.9 Å². The number of carbonyl (C=O) groups excluding carboxylic acids is 2. The average molecular weight is 486 g/mol. The molecule has 0 amide bonds. The van der Waals surface area contributed by atoms with Gasteiger partial charge in [-0.25, -0.2) is 9.78 Å². The summed E-state index contributed by atoms with van der Waals surface area (Å²) in [7, 11) is 1.31. The lowest BCUT2D eigenvalue weighted by Gasteiger charge is -2.30. The van der Waals surface area contributed by atoms with Crippen molar-refractivity contribution in [3.05, 3.63) is 95.7 Å². The molecule has 3 heterocycles. The summed E-state index contributed by atoms with van der Waals surface area (Å²) in [4.78, 5) is 42.8. The number of esters is 2. The predicted molar refractivity (Wildman–Crippen MR) is 134 cm³/mol. The zero-order chi connectivity index (χ0) is 25.5. The van der Waals surface area contributed by atoms with E-state index >= 15 is 0 Å². The molecule has 1 aliphatic rings. The van der Waals surface area contributed by atoms with Gasteiger partial charge in [0.25, 0.3) is 0 Å². The monoisotopic (exact) mass is 485 g/mol. The van der Waals surface area contributed by atoms with Gasteiger partial charge in [-0.1, -0.05) is 30.3 Å². The van der Waals surface area contributed by atoms with E-state index in [9.17, 15) is 9.59 Å². The van der Waals surface area contributed by atoms with Crippen LogP contribution in [0.4, 0.5) is 0 Å². The first kappa shape index (κ1) is 24.7. The Bertz CT molecular complexity index is 1300. The summed E-state index contributed by atoms with van der Waals surface area (Å²) in [5, 5.41) is 0. The minimum atomic E-state index is -0.797. The van der Waals surface area contributed by atoms with Crippen LogP contribution < -0.4 is 0 Å². The molecule has 2 atom stereocenters. The largest absolute Gasteiger partial charge is 0.468 e. The fourth-order valence-electron chi connectivity index (χ4n) is 4.24. The van der Waals surface area contributed by atoms with Crippen LogP contribution in [0.3, 0.4) is 0 Å². The van der Waals surface area contributed by atoms with Crippen LogP contribution in [0.2, 0.25) is 0 Å². The highest BCUT2D eigenvalue weighted by Crippen LogP contribution is 2.38. The van der Waals surface area contributed by atoms with Crippen molar-refractivity contribution in [3.63, 3.8) is 0 Å². The highest BCUT2D eigenvalue weighted by Gasteiger charge is 2.43. The Balaban J connectivity index is 1.46. The maximum Gasteiger partial charge on any atom is 0.336 e. The highest BCUT2D eigenvalue weighted by molar-refractivity contribution is 6.06. The molecule has 0 N–H and O–H groups in total. The number of aromatic nitrogens is 4. The zero-order valence-corrected chi connectivity index (χ0v) is 20.4. The van der Waals surface area contributed by atoms with Crippen LogP contribution in [-0.2, 0) is 25.6 Å². The van der Waals surface area contributed by atoms with Gasteiger partial charge in [-0.05, 0) is 31.1 Å². The Hall–Kier alpha value is -4.40. The number of ether oxygens (including phenoxy) is 2. The molecule has 0 fully saturated rings. The van der Waals surface area contributed by atoms with Crippen molar-refractivity contribution in [1.29, 1.82) is 0 Å². The average Bonchev–Trinajstić information content (AvgIpc) is 3.40. The first-order chi connectivity index (χ1) is 17.5. The Labute approximate surface area is 209 Å². The van der Waals surface area contributed by atoms with Crippen molar-refractivity contribution < 1.29 is 19.1 Å². The van der Waals surface area contributed by atoms with E-state index in [4.69, 9.17) is 9.47 Å². The van der Waals surface area contributed by atoms with E-state index in [0.717, 1.165) is 17.7 Å². The Kier molecular flexibility index (Phi) is 7.79. The Morgan fingerprint density at radius 1 is 1.08 bits per heavy atom. The number of rotatable bonds is 8. The van der Waals surface area contributed by atoms with E-state index in [1.807, 2.05) is 41.1 Å². The van der Waals surface area contributed by atoms with Crippen molar-refractivity contribution in [3.8, 4) is 0 Å². The number of nitrogens with zero attached hydrogens (tertiary/aromatic N) is 5. The third-order valence-corrected chi connectivity index (χ3v) is 5.93. The molecule has 0 bridgehead atoms. The van der Waals surface area contributed by atoms with E-state index in [0.29, 0.717) is 17.1 Å². The molecule has 1 aromatic carbocycles. The molecule has 0 spiro atoms. The SMILES string of the molecule is COC(=O)C1C(C)=NC(C)=C(C(=O)OCC=Cc2ccc(Cn3ccnc3)cc2)C1c1cnccn1. The second-order valence-corrected chi connectivity index (χ2v) is 8.34. The van der Waals surface area contributed by atoms with Gasteiger partial charge in [0.1, 0.15) is 12.5 Å². The Morgan fingerprint density at radius 2 is 1.89 bits per heavy atom. The minimum Gasteiger partial charge on any atom is -0.468 e. The first-order valence-electron chi connectivity index (χ1n) is 11.5. The lowest BCUT2D eigenvalue weighted by atomic mass is 9.78. The molecule has 36 heavy (non-hydrogen) atoms. The molecule has 9 nitrogen and oxygen atoms in total. The summed E-state index contributed by atoms with van der Waals surface area (Å²) in [5.41, 5.74) is 3.90. The summed E-state index contributed by atoms with van der Waals surface area (Å²) in [5.74, 6) is -2.56. The molecule has 1 aliphatic heterocycles. The van der Waals surface area contributed by atoms with Crippen LogP contribution in [-0.4, -0.2) is 50.9 Å². The number of carbonyl (C=O) groups is 2. The van der Waals surface area contributed by atoms with Crippen molar-refractivity contribution in [2.75, 3.05) is 13.7 Å². The molecule has 9 heteroatoms. The summed E-state index contributed by atoms with van der Waals surface area (Å²) >= 11 is 0. The second kappa shape index (κ2) is 11.4. The van der Waals surface area contributed by atoms with E-state index in [-0.39, 0.29) is 12.2 Å². The second-order valence-electron chi connectivity index (χ2n) is 8.34. The van der Waals surface area contributed by atoms with Crippen LogP contribution in [0, 0.1) is 5.92 Å². The highest BCUT2D eigenvalue weighted by atomic mass is 16.5. The minimum absolute atomic E-state index is 0.0607. The van der Waals surface area contributed by atoms with Crippen molar-refractivity contribution >= 4 is 23.7 Å². The maximum absolute atomic E-state index is 13.2. The fourth-order valence-corrected chi connectivity index (χ4v) is 4.24. The van der Waals surface area contributed by atoms with E-state index in [1.165, 1.54) is 25.7 Å². The van der Waals surface area contributed by atoms with E-state index < -0.39 is 23.8 Å². The summed E-state index contributed by atoms with van der Waals surface area (Å²) in [6, 6.07) is 8.09. The number of allylic oxidation sites excluding steroid dienone is 1. The molecule has 4 rings (SSSR count). The number of methoxy groups -OCH3 is 1. The van der Waals surface area contributed by atoms with Crippen molar-refractivity contribution in [2.24, 2.45) is 10.9 Å². The van der Waals surface area contributed by atoms with Gasteiger partial charge in [0.05, 0.1) is 30.6 Å². The standard InChI is InChI=1S/C27H27N5O4/c1-18-23(26(33)35-3)25(22-15-28-10-11-30-22)24(19(2)31-18)27(34)36-14-4-5-20-6-8-21(9-7-20)16-32-13-12-29-17-32/h4-13,15,17,23,25H,14,16H2,1-3H3. The first-order valence-corrected chi connectivity index (χ1v) is 11.5.